The summed E-state index contributed by atoms with van der Waals surface area (Å²) >= 11 is 0. The number of hydrogen-bond acceptors (Lipinski definition) is 2. The SMILES string of the molecule is Cc1ccc(C(CN)C(O)C(C)C)cc1C. The molecule has 0 radical (unpaired) electrons. The maximum Gasteiger partial charge on any atom is 0.0643 e. The van der Waals surface area contributed by atoms with E-state index in [0.717, 1.165) is 5.56 Å². The smallest absolute Gasteiger partial charge is 0.0643 e. The molecule has 2 atom stereocenters. The zero-order chi connectivity index (χ0) is 12.3. The van der Waals surface area contributed by atoms with Gasteiger partial charge in [-0.2, -0.15) is 0 Å². The highest BCUT2D eigenvalue weighted by Crippen LogP contribution is 2.25. The third-order valence-electron chi connectivity index (χ3n) is 3.31. The van der Waals surface area contributed by atoms with Gasteiger partial charge in [-0.1, -0.05) is 32.0 Å². The zero-order valence-electron chi connectivity index (χ0n) is 10.7. The molecule has 0 aromatic heterocycles. The Balaban J connectivity index is 2.99. The summed E-state index contributed by atoms with van der Waals surface area (Å²) in [6, 6.07) is 6.31. The summed E-state index contributed by atoms with van der Waals surface area (Å²) < 4.78 is 0. The minimum absolute atomic E-state index is 0.0410. The molecule has 0 spiro atoms. The van der Waals surface area contributed by atoms with Gasteiger partial charge in [-0.25, -0.2) is 0 Å². The normalized spacial score (nSPS) is 15.2. The van der Waals surface area contributed by atoms with Gasteiger partial charge in [-0.3, -0.25) is 0 Å². The lowest BCUT2D eigenvalue weighted by Gasteiger charge is -2.25. The van der Waals surface area contributed by atoms with Gasteiger partial charge in [0, 0.05) is 12.5 Å². The fourth-order valence-electron chi connectivity index (χ4n) is 1.93. The maximum absolute atomic E-state index is 10.1. The first-order valence-corrected chi connectivity index (χ1v) is 5.92. The Hall–Kier alpha value is -0.860. The van der Waals surface area contributed by atoms with Crippen LogP contribution in [0.25, 0.3) is 0 Å². The molecule has 1 aromatic carbocycles. The molecule has 0 saturated heterocycles. The van der Waals surface area contributed by atoms with E-state index in [1.165, 1.54) is 11.1 Å². The number of benzene rings is 1. The third kappa shape index (κ3) is 2.83. The molecule has 1 aromatic rings. The summed E-state index contributed by atoms with van der Waals surface area (Å²) in [4.78, 5) is 0. The Bertz CT molecular complexity index is 347. The Kier molecular flexibility index (Phi) is 4.51. The van der Waals surface area contributed by atoms with E-state index in [-0.39, 0.29) is 17.9 Å². The van der Waals surface area contributed by atoms with Gasteiger partial charge < -0.3 is 10.8 Å². The summed E-state index contributed by atoms with van der Waals surface area (Å²) in [6.07, 6.45) is -0.368. The first-order chi connectivity index (χ1) is 7.47. The van der Waals surface area contributed by atoms with Crippen LogP contribution in [0.1, 0.15) is 36.5 Å². The van der Waals surface area contributed by atoms with Crippen LogP contribution in [0.15, 0.2) is 18.2 Å². The predicted molar refractivity (Wildman–Crippen MR) is 68.6 cm³/mol. The van der Waals surface area contributed by atoms with Crippen molar-refractivity contribution in [1.29, 1.82) is 0 Å². The number of aliphatic hydroxyl groups excluding tert-OH is 1. The monoisotopic (exact) mass is 221 g/mol. The molecule has 0 aliphatic carbocycles. The second-order valence-electron chi connectivity index (χ2n) is 4.92. The molecule has 0 saturated carbocycles. The molecule has 2 heteroatoms. The van der Waals surface area contributed by atoms with Gasteiger partial charge in [0.05, 0.1) is 6.10 Å². The fraction of sp³-hybridized carbons (Fsp3) is 0.571. The fourth-order valence-corrected chi connectivity index (χ4v) is 1.93. The Morgan fingerprint density at radius 3 is 2.25 bits per heavy atom. The van der Waals surface area contributed by atoms with Crippen molar-refractivity contribution in [3.05, 3.63) is 34.9 Å². The number of nitrogens with two attached hydrogens (primary N) is 1. The third-order valence-corrected chi connectivity index (χ3v) is 3.31. The second-order valence-corrected chi connectivity index (χ2v) is 4.92. The largest absolute Gasteiger partial charge is 0.392 e. The van der Waals surface area contributed by atoms with Gasteiger partial charge in [-0.05, 0) is 36.5 Å². The summed E-state index contributed by atoms with van der Waals surface area (Å²) in [7, 11) is 0. The van der Waals surface area contributed by atoms with E-state index in [0.29, 0.717) is 6.54 Å². The lowest BCUT2D eigenvalue weighted by Crippen LogP contribution is -2.30. The molecule has 0 aliphatic rings. The van der Waals surface area contributed by atoms with Gasteiger partial charge >= 0.3 is 0 Å². The first kappa shape index (κ1) is 13.2. The van der Waals surface area contributed by atoms with E-state index >= 15 is 0 Å². The van der Waals surface area contributed by atoms with Crippen LogP contribution in [0.3, 0.4) is 0 Å². The van der Waals surface area contributed by atoms with Gasteiger partial charge in [0.2, 0.25) is 0 Å². The lowest BCUT2D eigenvalue weighted by molar-refractivity contribution is 0.0985. The highest BCUT2D eigenvalue weighted by Gasteiger charge is 2.22. The Morgan fingerprint density at radius 1 is 1.19 bits per heavy atom. The molecular weight excluding hydrogens is 198 g/mol. The molecular formula is C14H23NO. The van der Waals surface area contributed by atoms with E-state index in [2.05, 4.69) is 32.0 Å². The van der Waals surface area contributed by atoms with Crippen LogP contribution in [0.4, 0.5) is 0 Å². The molecule has 0 fully saturated rings. The van der Waals surface area contributed by atoms with E-state index < -0.39 is 0 Å². The van der Waals surface area contributed by atoms with Crippen molar-refractivity contribution >= 4 is 0 Å². The lowest BCUT2D eigenvalue weighted by atomic mass is 9.86. The van der Waals surface area contributed by atoms with Gasteiger partial charge in [0.15, 0.2) is 0 Å². The molecule has 0 heterocycles. The number of hydrogen-bond donors (Lipinski definition) is 2. The van der Waals surface area contributed by atoms with Crippen molar-refractivity contribution in [2.24, 2.45) is 11.7 Å². The Morgan fingerprint density at radius 2 is 1.81 bits per heavy atom. The second kappa shape index (κ2) is 5.46. The molecule has 3 N–H and O–H groups in total. The van der Waals surface area contributed by atoms with Gasteiger partial charge in [0.1, 0.15) is 0 Å². The molecule has 0 amide bonds. The summed E-state index contributed by atoms with van der Waals surface area (Å²) in [5, 5.41) is 10.1. The van der Waals surface area contributed by atoms with Crippen LogP contribution >= 0.6 is 0 Å². The molecule has 0 bridgehead atoms. The number of rotatable bonds is 4. The highest BCUT2D eigenvalue weighted by molar-refractivity contribution is 5.32. The molecule has 2 unspecified atom stereocenters. The van der Waals surface area contributed by atoms with Crippen LogP contribution in [0.2, 0.25) is 0 Å². The average Bonchev–Trinajstić information content (AvgIpc) is 2.24. The van der Waals surface area contributed by atoms with Crippen molar-refractivity contribution in [2.75, 3.05) is 6.54 Å². The van der Waals surface area contributed by atoms with Crippen LogP contribution in [0, 0.1) is 19.8 Å². The van der Waals surface area contributed by atoms with Crippen molar-refractivity contribution in [3.8, 4) is 0 Å². The maximum atomic E-state index is 10.1. The van der Waals surface area contributed by atoms with Crippen LogP contribution < -0.4 is 5.73 Å². The topological polar surface area (TPSA) is 46.2 Å². The first-order valence-electron chi connectivity index (χ1n) is 5.92. The summed E-state index contributed by atoms with van der Waals surface area (Å²) in [5.74, 6) is 0.273. The Labute approximate surface area is 98.5 Å². The van der Waals surface area contributed by atoms with Crippen molar-refractivity contribution < 1.29 is 5.11 Å². The summed E-state index contributed by atoms with van der Waals surface area (Å²) in [5.41, 5.74) is 9.45. The minimum atomic E-state index is -0.368. The molecule has 90 valence electrons. The zero-order valence-corrected chi connectivity index (χ0v) is 10.7. The van der Waals surface area contributed by atoms with E-state index in [4.69, 9.17) is 5.73 Å². The van der Waals surface area contributed by atoms with Crippen molar-refractivity contribution in [3.63, 3.8) is 0 Å². The van der Waals surface area contributed by atoms with Crippen LogP contribution in [-0.4, -0.2) is 17.8 Å². The quantitative estimate of drug-likeness (QED) is 0.820. The molecule has 1 rings (SSSR count). The van der Waals surface area contributed by atoms with Crippen LogP contribution in [0.5, 0.6) is 0 Å². The van der Waals surface area contributed by atoms with E-state index in [1.54, 1.807) is 0 Å². The molecule has 16 heavy (non-hydrogen) atoms. The highest BCUT2D eigenvalue weighted by atomic mass is 16.3. The standard InChI is InChI=1S/C14H23NO/c1-9(2)14(16)13(8-15)12-6-5-10(3)11(4)7-12/h5-7,9,13-14,16H,8,15H2,1-4H3. The number of aryl methyl sites for hydroxylation is 2. The number of aliphatic hydroxyl groups is 1. The van der Waals surface area contributed by atoms with Crippen molar-refractivity contribution in [1.82, 2.24) is 0 Å². The minimum Gasteiger partial charge on any atom is -0.392 e. The van der Waals surface area contributed by atoms with E-state index in [9.17, 15) is 5.11 Å². The molecule has 0 aliphatic heterocycles. The van der Waals surface area contributed by atoms with Gasteiger partial charge in [0.25, 0.3) is 0 Å². The van der Waals surface area contributed by atoms with Crippen molar-refractivity contribution in [2.45, 2.75) is 39.7 Å². The van der Waals surface area contributed by atoms with Gasteiger partial charge in [-0.15, -0.1) is 0 Å². The average molecular weight is 221 g/mol. The summed E-state index contributed by atoms with van der Waals surface area (Å²) in [6.45, 7) is 8.72. The van der Waals surface area contributed by atoms with E-state index in [1.807, 2.05) is 13.8 Å². The predicted octanol–water partition coefficient (Wildman–Crippen LogP) is 2.36. The molecule has 2 nitrogen and oxygen atoms in total. The van der Waals surface area contributed by atoms with Crippen LogP contribution in [-0.2, 0) is 0 Å².